The number of hydrogen-bond acceptors (Lipinski definition) is 3. The molecular formula is C10H12BrClN2O. The topological polar surface area (TPSA) is 44.3 Å². The molecule has 2 atom stereocenters. The van der Waals surface area contributed by atoms with Gasteiger partial charge < -0.3 is 15.7 Å². The monoisotopic (exact) mass is 290 g/mol. The van der Waals surface area contributed by atoms with Crippen LogP contribution < -0.4 is 10.6 Å². The summed E-state index contributed by atoms with van der Waals surface area (Å²) in [4.78, 5) is 0. The van der Waals surface area contributed by atoms with Crippen LogP contribution in [0.1, 0.15) is 13.3 Å². The minimum absolute atomic E-state index is 0.198. The lowest BCUT2D eigenvalue weighted by molar-refractivity contribution is 0.190. The zero-order valence-corrected chi connectivity index (χ0v) is 10.6. The van der Waals surface area contributed by atoms with Crippen LogP contribution in [0.15, 0.2) is 16.6 Å². The molecule has 82 valence electrons. The van der Waals surface area contributed by atoms with E-state index < -0.39 is 6.23 Å². The molecule has 1 heterocycles. The van der Waals surface area contributed by atoms with Crippen LogP contribution >= 0.6 is 27.5 Å². The molecule has 1 aromatic carbocycles. The summed E-state index contributed by atoms with van der Waals surface area (Å²) in [5, 5.41) is 16.6. The van der Waals surface area contributed by atoms with Crippen LogP contribution in [-0.2, 0) is 0 Å². The van der Waals surface area contributed by atoms with Crippen LogP contribution in [0.5, 0.6) is 0 Å². The fourth-order valence-electron chi connectivity index (χ4n) is 1.70. The Bertz CT molecular complexity index is 351. The smallest absolute Gasteiger partial charge is 0.126 e. The fraction of sp³-hybridized carbons (Fsp3) is 0.400. The standard InChI is InChI=1S/C10H12BrClN2O/c1-5-4-8(15)14-10-7(12)3-2-6(11)9(10)13-5/h2-3,5,8,13-15H,4H2,1H3/t5-,8?/m1/s1. The summed E-state index contributed by atoms with van der Waals surface area (Å²) in [6, 6.07) is 3.88. The third kappa shape index (κ3) is 2.22. The zero-order chi connectivity index (χ0) is 11.0. The average molecular weight is 292 g/mol. The summed E-state index contributed by atoms with van der Waals surface area (Å²) in [6.45, 7) is 2.02. The van der Waals surface area contributed by atoms with Crippen molar-refractivity contribution in [2.75, 3.05) is 10.6 Å². The zero-order valence-electron chi connectivity index (χ0n) is 8.22. The number of anilines is 2. The van der Waals surface area contributed by atoms with E-state index in [0.29, 0.717) is 11.4 Å². The number of benzene rings is 1. The molecule has 0 aromatic heterocycles. The highest BCUT2D eigenvalue weighted by Crippen LogP contribution is 2.39. The summed E-state index contributed by atoms with van der Waals surface area (Å²) in [6.07, 6.45) is 0.0674. The lowest BCUT2D eigenvalue weighted by Gasteiger charge is -2.14. The number of aliphatic hydroxyl groups is 1. The summed E-state index contributed by atoms with van der Waals surface area (Å²) in [5.74, 6) is 0. The van der Waals surface area contributed by atoms with E-state index in [2.05, 4.69) is 26.6 Å². The van der Waals surface area contributed by atoms with Crippen molar-refractivity contribution in [3.8, 4) is 0 Å². The van der Waals surface area contributed by atoms with E-state index in [1.807, 2.05) is 13.0 Å². The molecule has 0 radical (unpaired) electrons. The molecular weight excluding hydrogens is 279 g/mol. The molecule has 5 heteroatoms. The molecule has 0 bridgehead atoms. The van der Waals surface area contributed by atoms with Gasteiger partial charge in [-0.05, 0) is 35.0 Å². The van der Waals surface area contributed by atoms with Crippen molar-refractivity contribution < 1.29 is 5.11 Å². The van der Waals surface area contributed by atoms with Gasteiger partial charge in [0.25, 0.3) is 0 Å². The van der Waals surface area contributed by atoms with Gasteiger partial charge in [0.05, 0.1) is 16.4 Å². The first kappa shape index (κ1) is 11.0. The predicted octanol–water partition coefficient (Wildman–Crippen LogP) is 3.04. The highest BCUT2D eigenvalue weighted by atomic mass is 79.9. The number of fused-ring (bicyclic) bond motifs is 1. The first-order valence-electron chi connectivity index (χ1n) is 4.77. The number of halogens is 2. The van der Waals surface area contributed by atoms with Crippen molar-refractivity contribution in [1.29, 1.82) is 0 Å². The molecule has 1 aromatic rings. The number of aliphatic hydroxyl groups excluding tert-OH is 1. The average Bonchev–Trinajstić information content (AvgIpc) is 2.31. The molecule has 3 nitrogen and oxygen atoms in total. The van der Waals surface area contributed by atoms with Gasteiger partial charge >= 0.3 is 0 Å². The molecule has 0 saturated carbocycles. The van der Waals surface area contributed by atoms with E-state index in [-0.39, 0.29) is 6.04 Å². The van der Waals surface area contributed by atoms with Gasteiger partial charge in [-0.15, -0.1) is 0 Å². The summed E-state index contributed by atoms with van der Waals surface area (Å²) in [5.41, 5.74) is 1.66. The predicted molar refractivity (Wildman–Crippen MR) is 66.5 cm³/mol. The maximum atomic E-state index is 9.70. The largest absolute Gasteiger partial charge is 0.380 e. The molecule has 1 unspecified atom stereocenters. The summed E-state index contributed by atoms with van der Waals surface area (Å²) in [7, 11) is 0. The van der Waals surface area contributed by atoms with Crippen LogP contribution in [0, 0.1) is 0 Å². The van der Waals surface area contributed by atoms with E-state index in [0.717, 1.165) is 15.8 Å². The van der Waals surface area contributed by atoms with E-state index in [4.69, 9.17) is 11.6 Å². The Hall–Kier alpha value is -0.450. The fourth-order valence-corrected chi connectivity index (χ4v) is 2.36. The third-order valence-corrected chi connectivity index (χ3v) is 3.36. The molecule has 3 N–H and O–H groups in total. The highest BCUT2D eigenvalue weighted by molar-refractivity contribution is 9.10. The Morgan fingerprint density at radius 3 is 2.87 bits per heavy atom. The second kappa shape index (κ2) is 4.20. The van der Waals surface area contributed by atoms with Crippen LogP contribution in [0.25, 0.3) is 0 Å². The normalized spacial score (nSPS) is 24.8. The van der Waals surface area contributed by atoms with Crippen molar-refractivity contribution in [2.45, 2.75) is 25.6 Å². The van der Waals surface area contributed by atoms with Crippen molar-refractivity contribution in [2.24, 2.45) is 0 Å². The molecule has 0 spiro atoms. The van der Waals surface area contributed by atoms with Gasteiger partial charge in [-0.2, -0.15) is 0 Å². The minimum Gasteiger partial charge on any atom is -0.380 e. The van der Waals surface area contributed by atoms with E-state index in [1.165, 1.54) is 0 Å². The maximum absolute atomic E-state index is 9.70. The van der Waals surface area contributed by atoms with Gasteiger partial charge in [0, 0.05) is 16.9 Å². The summed E-state index contributed by atoms with van der Waals surface area (Å²) < 4.78 is 0.940. The van der Waals surface area contributed by atoms with E-state index in [9.17, 15) is 5.11 Å². The molecule has 15 heavy (non-hydrogen) atoms. The molecule has 0 amide bonds. The Morgan fingerprint density at radius 2 is 2.13 bits per heavy atom. The van der Waals surface area contributed by atoms with Crippen molar-refractivity contribution in [3.05, 3.63) is 21.6 Å². The highest BCUT2D eigenvalue weighted by Gasteiger charge is 2.21. The Kier molecular flexibility index (Phi) is 3.09. The number of hydrogen-bond donors (Lipinski definition) is 3. The van der Waals surface area contributed by atoms with Gasteiger partial charge in [0.1, 0.15) is 6.23 Å². The van der Waals surface area contributed by atoms with Gasteiger partial charge in [-0.3, -0.25) is 0 Å². The van der Waals surface area contributed by atoms with Crippen LogP contribution in [0.2, 0.25) is 5.02 Å². The van der Waals surface area contributed by atoms with Gasteiger partial charge in [-0.25, -0.2) is 0 Å². The van der Waals surface area contributed by atoms with Gasteiger partial charge in [0.15, 0.2) is 0 Å². The Labute approximate surface area is 102 Å². The van der Waals surface area contributed by atoms with Crippen LogP contribution in [0.4, 0.5) is 11.4 Å². The van der Waals surface area contributed by atoms with Crippen molar-refractivity contribution >= 4 is 38.9 Å². The molecule has 2 rings (SSSR count). The first-order valence-corrected chi connectivity index (χ1v) is 5.94. The van der Waals surface area contributed by atoms with Crippen LogP contribution in [0.3, 0.4) is 0 Å². The Balaban J connectivity index is 2.49. The quantitative estimate of drug-likeness (QED) is 0.688. The van der Waals surface area contributed by atoms with Gasteiger partial charge in [-0.1, -0.05) is 11.6 Å². The number of nitrogens with one attached hydrogen (secondary N) is 2. The summed E-state index contributed by atoms with van der Waals surface area (Å²) >= 11 is 9.52. The lowest BCUT2D eigenvalue weighted by Crippen LogP contribution is -2.23. The second-order valence-corrected chi connectivity index (χ2v) is 4.98. The van der Waals surface area contributed by atoms with E-state index in [1.54, 1.807) is 6.07 Å². The molecule has 1 aliphatic heterocycles. The minimum atomic E-state index is -0.569. The second-order valence-electron chi connectivity index (χ2n) is 3.72. The van der Waals surface area contributed by atoms with Crippen LogP contribution in [-0.4, -0.2) is 17.4 Å². The first-order chi connectivity index (χ1) is 7.08. The third-order valence-electron chi connectivity index (χ3n) is 2.38. The molecule has 0 saturated heterocycles. The molecule has 0 fully saturated rings. The van der Waals surface area contributed by atoms with E-state index >= 15 is 0 Å². The molecule has 1 aliphatic rings. The maximum Gasteiger partial charge on any atom is 0.126 e. The van der Waals surface area contributed by atoms with Crippen molar-refractivity contribution in [1.82, 2.24) is 0 Å². The molecule has 0 aliphatic carbocycles. The number of rotatable bonds is 0. The van der Waals surface area contributed by atoms with Gasteiger partial charge in [0.2, 0.25) is 0 Å². The lowest BCUT2D eigenvalue weighted by atomic mass is 10.2. The SMILES string of the molecule is C[C@@H]1CC(O)Nc2c(Cl)ccc(Br)c2N1. The Morgan fingerprint density at radius 1 is 1.40 bits per heavy atom. The van der Waals surface area contributed by atoms with Crippen molar-refractivity contribution in [3.63, 3.8) is 0 Å².